The van der Waals surface area contributed by atoms with Gasteiger partial charge in [-0.05, 0) is 47.4 Å². The molecule has 33 heavy (non-hydrogen) atoms. The van der Waals surface area contributed by atoms with Crippen molar-refractivity contribution >= 4 is 0 Å². The molecule has 2 aliphatic heterocycles. The highest BCUT2D eigenvalue weighted by Crippen LogP contribution is 2.33. The van der Waals surface area contributed by atoms with E-state index in [9.17, 15) is 4.79 Å². The summed E-state index contributed by atoms with van der Waals surface area (Å²) in [5.74, 6) is 1.33. The molecule has 5 heterocycles. The Labute approximate surface area is 189 Å². The van der Waals surface area contributed by atoms with Gasteiger partial charge < -0.3 is 14.2 Å². The highest BCUT2D eigenvalue weighted by atomic mass is 16.6. The first-order chi connectivity index (χ1) is 16.2. The molecule has 0 spiro atoms. The third kappa shape index (κ3) is 3.69. The molecule has 3 aromatic heterocycles. The number of pyridine rings is 2. The summed E-state index contributed by atoms with van der Waals surface area (Å²) in [6.45, 7) is 1.10. The molecule has 0 bridgehead atoms. The standard InChI is InChI=1S/C25H20N4O4/c30-25-28-23(31-14-19-15-32-24-22(33-19)2-1-8-27-24)13-21-20-4-3-17(16-5-9-26-10-6-16)12-18(20)7-11-29(21)25/h1-6,8-10,12-13,19H,7,11,14-15H2. The molecule has 164 valence electrons. The van der Waals surface area contributed by atoms with E-state index in [4.69, 9.17) is 14.2 Å². The Morgan fingerprint density at radius 3 is 2.88 bits per heavy atom. The Kier molecular flexibility index (Phi) is 4.75. The zero-order chi connectivity index (χ0) is 22.2. The number of hydrogen-bond donors (Lipinski definition) is 0. The molecule has 6 rings (SSSR count). The molecule has 0 fully saturated rings. The molecule has 0 N–H and O–H groups in total. The van der Waals surface area contributed by atoms with Crippen LogP contribution in [0.25, 0.3) is 22.4 Å². The molecule has 0 saturated heterocycles. The smallest absolute Gasteiger partial charge is 0.351 e. The van der Waals surface area contributed by atoms with E-state index >= 15 is 0 Å². The van der Waals surface area contributed by atoms with Crippen molar-refractivity contribution in [3.8, 4) is 39.9 Å². The van der Waals surface area contributed by atoms with Gasteiger partial charge in [0.05, 0.1) is 5.69 Å². The largest absolute Gasteiger partial charge is 0.478 e. The molecule has 0 saturated carbocycles. The van der Waals surface area contributed by atoms with Crippen LogP contribution in [-0.4, -0.2) is 38.8 Å². The zero-order valence-corrected chi connectivity index (χ0v) is 17.7. The van der Waals surface area contributed by atoms with Crippen molar-refractivity contribution in [3.63, 3.8) is 0 Å². The average Bonchev–Trinajstić information content (AvgIpc) is 2.87. The molecule has 2 aliphatic rings. The molecule has 1 aromatic carbocycles. The number of ether oxygens (including phenoxy) is 3. The quantitative estimate of drug-likeness (QED) is 0.482. The lowest BCUT2D eigenvalue weighted by Gasteiger charge is -2.26. The summed E-state index contributed by atoms with van der Waals surface area (Å²) in [6, 6.07) is 15.7. The van der Waals surface area contributed by atoms with Crippen LogP contribution in [0.5, 0.6) is 17.5 Å². The lowest BCUT2D eigenvalue weighted by molar-refractivity contribution is 0.0486. The van der Waals surface area contributed by atoms with Crippen LogP contribution in [0.1, 0.15) is 5.56 Å². The Morgan fingerprint density at radius 2 is 1.97 bits per heavy atom. The summed E-state index contributed by atoms with van der Waals surface area (Å²) in [5, 5.41) is 0. The SMILES string of the molecule is O=c1nc(OCC2COc3ncccc3O2)cc2n1CCc1cc(-c3ccncc3)ccc1-2. The molecule has 8 nitrogen and oxygen atoms in total. The first kappa shape index (κ1) is 19.5. The first-order valence-electron chi connectivity index (χ1n) is 10.8. The lowest BCUT2D eigenvalue weighted by Crippen LogP contribution is -2.35. The predicted octanol–water partition coefficient (Wildman–Crippen LogP) is 3.14. The van der Waals surface area contributed by atoms with Gasteiger partial charge >= 0.3 is 5.69 Å². The fourth-order valence-electron chi connectivity index (χ4n) is 4.22. The van der Waals surface area contributed by atoms with Crippen LogP contribution in [0.4, 0.5) is 0 Å². The number of benzene rings is 1. The highest BCUT2D eigenvalue weighted by Gasteiger charge is 2.24. The molecule has 8 heteroatoms. The lowest BCUT2D eigenvalue weighted by atomic mass is 9.93. The summed E-state index contributed by atoms with van der Waals surface area (Å²) in [6.07, 6.45) is 5.67. The molecule has 1 atom stereocenters. The topological polar surface area (TPSA) is 88.4 Å². The van der Waals surface area contributed by atoms with Gasteiger partial charge in [0.25, 0.3) is 5.88 Å². The van der Waals surface area contributed by atoms with Crippen LogP contribution in [0.15, 0.2) is 71.9 Å². The summed E-state index contributed by atoms with van der Waals surface area (Å²) >= 11 is 0. The summed E-state index contributed by atoms with van der Waals surface area (Å²) < 4.78 is 19.1. The zero-order valence-electron chi connectivity index (χ0n) is 17.7. The Bertz CT molecular complexity index is 1390. The monoisotopic (exact) mass is 440 g/mol. The van der Waals surface area contributed by atoms with E-state index in [0.717, 1.165) is 28.8 Å². The summed E-state index contributed by atoms with van der Waals surface area (Å²) in [7, 11) is 0. The van der Waals surface area contributed by atoms with Gasteiger partial charge in [0.2, 0.25) is 5.88 Å². The molecule has 0 radical (unpaired) electrons. The van der Waals surface area contributed by atoms with E-state index in [1.165, 1.54) is 5.56 Å². The Morgan fingerprint density at radius 1 is 1.06 bits per heavy atom. The van der Waals surface area contributed by atoms with E-state index in [1.54, 1.807) is 35.3 Å². The number of aryl methyl sites for hydroxylation is 1. The van der Waals surface area contributed by atoms with Crippen LogP contribution in [0.2, 0.25) is 0 Å². The van der Waals surface area contributed by atoms with E-state index in [1.807, 2.05) is 18.2 Å². The first-order valence-corrected chi connectivity index (χ1v) is 10.8. The maximum absolute atomic E-state index is 12.7. The van der Waals surface area contributed by atoms with E-state index in [2.05, 4.69) is 33.2 Å². The molecule has 0 amide bonds. The summed E-state index contributed by atoms with van der Waals surface area (Å²) in [5.41, 5.74) is 4.93. The third-order valence-electron chi connectivity index (χ3n) is 5.84. The normalized spacial score (nSPS) is 15.9. The second-order valence-corrected chi connectivity index (χ2v) is 7.94. The van der Waals surface area contributed by atoms with Crippen LogP contribution in [0, 0.1) is 0 Å². The van der Waals surface area contributed by atoms with Crippen LogP contribution < -0.4 is 19.9 Å². The van der Waals surface area contributed by atoms with Crippen molar-refractivity contribution in [3.05, 3.63) is 83.2 Å². The number of aromatic nitrogens is 4. The molecular weight excluding hydrogens is 420 g/mol. The number of nitrogens with zero attached hydrogens (tertiary/aromatic N) is 4. The van der Waals surface area contributed by atoms with Crippen molar-refractivity contribution in [1.29, 1.82) is 0 Å². The summed E-state index contributed by atoms with van der Waals surface area (Å²) in [4.78, 5) is 25.0. The van der Waals surface area contributed by atoms with Crippen molar-refractivity contribution in [2.45, 2.75) is 19.1 Å². The minimum atomic E-state index is -0.322. The van der Waals surface area contributed by atoms with Gasteiger partial charge in [0, 0.05) is 36.8 Å². The van der Waals surface area contributed by atoms with E-state index in [-0.39, 0.29) is 24.3 Å². The van der Waals surface area contributed by atoms with E-state index in [0.29, 0.717) is 24.8 Å². The van der Waals surface area contributed by atoms with Crippen molar-refractivity contribution < 1.29 is 14.2 Å². The second kappa shape index (κ2) is 8.05. The maximum Gasteiger partial charge on any atom is 0.351 e. The number of fused-ring (bicyclic) bond motifs is 4. The van der Waals surface area contributed by atoms with Gasteiger partial charge in [-0.2, -0.15) is 4.98 Å². The molecular formula is C25H20N4O4. The molecule has 1 unspecified atom stereocenters. The highest BCUT2D eigenvalue weighted by molar-refractivity contribution is 5.73. The minimum Gasteiger partial charge on any atom is -0.478 e. The number of hydrogen-bond acceptors (Lipinski definition) is 7. The Hall–Kier alpha value is -4.20. The van der Waals surface area contributed by atoms with Gasteiger partial charge in [-0.25, -0.2) is 9.78 Å². The minimum absolute atomic E-state index is 0.206. The maximum atomic E-state index is 12.7. The van der Waals surface area contributed by atoms with Gasteiger partial charge in [-0.1, -0.05) is 18.2 Å². The molecule has 0 aliphatic carbocycles. The van der Waals surface area contributed by atoms with E-state index < -0.39 is 0 Å². The van der Waals surface area contributed by atoms with Gasteiger partial charge in [-0.15, -0.1) is 0 Å². The third-order valence-corrected chi connectivity index (χ3v) is 5.84. The number of rotatable bonds is 4. The van der Waals surface area contributed by atoms with Gasteiger partial charge in [0.15, 0.2) is 11.9 Å². The van der Waals surface area contributed by atoms with Crippen molar-refractivity contribution in [2.24, 2.45) is 0 Å². The predicted molar refractivity (Wildman–Crippen MR) is 121 cm³/mol. The van der Waals surface area contributed by atoms with Crippen LogP contribution in [0.3, 0.4) is 0 Å². The van der Waals surface area contributed by atoms with Gasteiger partial charge in [0.1, 0.15) is 13.2 Å². The van der Waals surface area contributed by atoms with Crippen LogP contribution in [-0.2, 0) is 13.0 Å². The Balaban J connectivity index is 1.25. The van der Waals surface area contributed by atoms with Crippen LogP contribution >= 0.6 is 0 Å². The molecule has 4 aromatic rings. The fraction of sp³-hybridized carbons (Fsp3) is 0.200. The average molecular weight is 440 g/mol. The van der Waals surface area contributed by atoms with Crippen molar-refractivity contribution in [2.75, 3.05) is 13.2 Å². The van der Waals surface area contributed by atoms with Gasteiger partial charge in [-0.3, -0.25) is 9.55 Å². The fourth-order valence-corrected chi connectivity index (χ4v) is 4.22. The van der Waals surface area contributed by atoms with Crippen molar-refractivity contribution in [1.82, 2.24) is 19.5 Å². The second-order valence-electron chi connectivity index (χ2n) is 7.94.